The van der Waals surface area contributed by atoms with Gasteiger partial charge in [0.15, 0.2) is 0 Å². The summed E-state index contributed by atoms with van der Waals surface area (Å²) in [6.45, 7) is 1.35. The van der Waals surface area contributed by atoms with E-state index in [1.807, 2.05) is 0 Å². The Morgan fingerprint density at radius 3 is 2.31 bits per heavy atom. The molecule has 1 amide bonds. The third kappa shape index (κ3) is 2.72. The molecule has 0 aliphatic heterocycles. The molecule has 4 heteroatoms. The zero-order valence-electron chi connectivity index (χ0n) is 7.75. The highest BCUT2D eigenvalue weighted by Gasteiger charge is 2.30. The molecule has 0 aromatic carbocycles. The predicted molar refractivity (Wildman–Crippen MR) is 47.2 cm³/mol. The topological polar surface area (TPSA) is 66.4 Å². The highest BCUT2D eigenvalue weighted by molar-refractivity contribution is 5.82. The monoisotopic (exact) mass is 185 g/mol. The van der Waals surface area contributed by atoms with Crippen molar-refractivity contribution < 1.29 is 14.7 Å². The van der Waals surface area contributed by atoms with Crippen LogP contribution in [0.15, 0.2) is 0 Å². The fourth-order valence-corrected chi connectivity index (χ4v) is 1.89. The number of aliphatic carboxylic acids is 1. The molecule has 1 saturated carbocycles. The molecule has 74 valence electrons. The average Bonchev–Trinajstić information content (AvgIpc) is 2.50. The lowest BCUT2D eigenvalue weighted by Crippen LogP contribution is -2.44. The van der Waals surface area contributed by atoms with Crippen LogP contribution in [0.4, 0.5) is 0 Å². The van der Waals surface area contributed by atoms with Crippen LogP contribution in [-0.4, -0.2) is 23.0 Å². The number of nitrogens with one attached hydrogen (secondary N) is 1. The highest BCUT2D eigenvalue weighted by atomic mass is 16.4. The number of carbonyl (C=O) groups is 2. The zero-order valence-corrected chi connectivity index (χ0v) is 7.75. The molecule has 1 atom stereocenters. The standard InChI is InChI=1S/C9H15NO3/c1-6(11)10-8(9(12)13)7-4-2-3-5-7/h7-8H,2-5H2,1H3,(H,10,11)(H,12,13). The van der Waals surface area contributed by atoms with Gasteiger partial charge in [-0.05, 0) is 18.8 Å². The summed E-state index contributed by atoms with van der Waals surface area (Å²) >= 11 is 0. The Morgan fingerprint density at radius 2 is 1.92 bits per heavy atom. The van der Waals surface area contributed by atoms with Crippen LogP contribution >= 0.6 is 0 Å². The van der Waals surface area contributed by atoms with E-state index in [0.717, 1.165) is 25.7 Å². The second kappa shape index (κ2) is 4.25. The molecule has 0 aromatic heterocycles. The molecule has 1 fully saturated rings. The van der Waals surface area contributed by atoms with Crippen LogP contribution in [0.2, 0.25) is 0 Å². The van der Waals surface area contributed by atoms with Crippen molar-refractivity contribution >= 4 is 11.9 Å². The molecule has 1 aliphatic rings. The van der Waals surface area contributed by atoms with Gasteiger partial charge < -0.3 is 10.4 Å². The maximum atomic E-state index is 10.8. The van der Waals surface area contributed by atoms with Crippen LogP contribution in [-0.2, 0) is 9.59 Å². The Labute approximate surface area is 77.3 Å². The molecule has 0 radical (unpaired) electrons. The third-order valence-corrected chi connectivity index (χ3v) is 2.50. The summed E-state index contributed by atoms with van der Waals surface area (Å²) in [6, 6.07) is -0.681. The number of rotatable bonds is 3. The fraction of sp³-hybridized carbons (Fsp3) is 0.778. The van der Waals surface area contributed by atoms with Crippen molar-refractivity contribution in [2.24, 2.45) is 5.92 Å². The van der Waals surface area contributed by atoms with Crippen molar-refractivity contribution in [2.45, 2.75) is 38.6 Å². The second-order valence-electron chi connectivity index (χ2n) is 3.56. The summed E-state index contributed by atoms with van der Waals surface area (Å²) in [6.07, 6.45) is 3.98. The van der Waals surface area contributed by atoms with Gasteiger partial charge in [-0.2, -0.15) is 0 Å². The van der Waals surface area contributed by atoms with Crippen molar-refractivity contribution in [1.82, 2.24) is 5.32 Å². The summed E-state index contributed by atoms with van der Waals surface area (Å²) in [4.78, 5) is 21.5. The van der Waals surface area contributed by atoms with Crippen molar-refractivity contribution in [3.05, 3.63) is 0 Å². The Kier molecular flexibility index (Phi) is 3.28. The van der Waals surface area contributed by atoms with Crippen LogP contribution in [0.25, 0.3) is 0 Å². The maximum Gasteiger partial charge on any atom is 0.326 e. The van der Waals surface area contributed by atoms with E-state index in [2.05, 4.69) is 5.32 Å². The fourth-order valence-electron chi connectivity index (χ4n) is 1.89. The van der Waals surface area contributed by atoms with Crippen LogP contribution in [0.3, 0.4) is 0 Å². The van der Waals surface area contributed by atoms with E-state index in [1.54, 1.807) is 0 Å². The normalized spacial score (nSPS) is 19.8. The smallest absolute Gasteiger partial charge is 0.326 e. The summed E-state index contributed by atoms with van der Waals surface area (Å²) in [5.74, 6) is -1.05. The van der Waals surface area contributed by atoms with Gasteiger partial charge in [-0.3, -0.25) is 4.79 Å². The van der Waals surface area contributed by atoms with Crippen LogP contribution < -0.4 is 5.32 Å². The van der Waals surface area contributed by atoms with E-state index in [1.165, 1.54) is 6.92 Å². The van der Waals surface area contributed by atoms with E-state index >= 15 is 0 Å². The van der Waals surface area contributed by atoms with E-state index in [9.17, 15) is 9.59 Å². The molecule has 0 aromatic rings. The minimum Gasteiger partial charge on any atom is -0.480 e. The Hall–Kier alpha value is -1.06. The Bertz CT molecular complexity index is 209. The summed E-state index contributed by atoms with van der Waals surface area (Å²) in [5.41, 5.74) is 0. The zero-order chi connectivity index (χ0) is 9.84. The van der Waals surface area contributed by atoms with Gasteiger partial charge in [0.05, 0.1) is 0 Å². The number of hydrogen-bond donors (Lipinski definition) is 2. The molecule has 0 saturated heterocycles. The largest absolute Gasteiger partial charge is 0.480 e. The lowest BCUT2D eigenvalue weighted by molar-refractivity contribution is -0.143. The SMILES string of the molecule is CC(=O)NC(C(=O)O)C1CCCC1. The lowest BCUT2D eigenvalue weighted by atomic mass is 9.98. The van der Waals surface area contributed by atoms with Crippen molar-refractivity contribution in [3.63, 3.8) is 0 Å². The average molecular weight is 185 g/mol. The molecule has 1 aliphatic carbocycles. The molecule has 0 bridgehead atoms. The highest BCUT2D eigenvalue weighted by Crippen LogP contribution is 2.27. The first-order valence-corrected chi connectivity index (χ1v) is 4.61. The molecule has 1 rings (SSSR count). The quantitative estimate of drug-likeness (QED) is 0.682. The van der Waals surface area contributed by atoms with Gasteiger partial charge in [-0.1, -0.05) is 12.8 Å². The second-order valence-corrected chi connectivity index (χ2v) is 3.56. The van der Waals surface area contributed by atoms with E-state index in [4.69, 9.17) is 5.11 Å². The van der Waals surface area contributed by atoms with E-state index in [-0.39, 0.29) is 11.8 Å². The van der Waals surface area contributed by atoms with Crippen LogP contribution in [0.5, 0.6) is 0 Å². The van der Waals surface area contributed by atoms with E-state index < -0.39 is 12.0 Å². The molecule has 13 heavy (non-hydrogen) atoms. The van der Waals surface area contributed by atoms with Crippen LogP contribution in [0, 0.1) is 5.92 Å². The molecule has 1 unspecified atom stereocenters. The number of carboxylic acids is 1. The predicted octanol–water partition coefficient (Wildman–Crippen LogP) is 0.766. The molecular formula is C9H15NO3. The van der Waals surface area contributed by atoms with E-state index in [0.29, 0.717) is 0 Å². The molecule has 0 heterocycles. The van der Waals surface area contributed by atoms with Gasteiger partial charge in [-0.15, -0.1) is 0 Å². The molecule has 4 nitrogen and oxygen atoms in total. The lowest BCUT2D eigenvalue weighted by Gasteiger charge is -2.19. The number of carbonyl (C=O) groups excluding carboxylic acids is 1. The van der Waals surface area contributed by atoms with Gasteiger partial charge in [-0.25, -0.2) is 4.79 Å². The van der Waals surface area contributed by atoms with Crippen molar-refractivity contribution in [1.29, 1.82) is 0 Å². The molecule has 0 spiro atoms. The van der Waals surface area contributed by atoms with Gasteiger partial charge >= 0.3 is 5.97 Å². The van der Waals surface area contributed by atoms with Gasteiger partial charge in [0.2, 0.25) is 5.91 Å². The maximum absolute atomic E-state index is 10.8. The Balaban J connectivity index is 2.55. The number of carboxylic acid groups (broad SMARTS) is 1. The van der Waals surface area contributed by atoms with Gasteiger partial charge in [0, 0.05) is 6.92 Å². The third-order valence-electron chi connectivity index (χ3n) is 2.50. The summed E-state index contributed by atoms with van der Waals surface area (Å²) < 4.78 is 0. The molecule has 2 N–H and O–H groups in total. The first kappa shape index (κ1) is 10.0. The number of hydrogen-bond acceptors (Lipinski definition) is 2. The summed E-state index contributed by atoms with van der Waals surface area (Å²) in [5, 5.41) is 11.4. The molecular weight excluding hydrogens is 170 g/mol. The minimum atomic E-state index is -0.915. The number of amides is 1. The van der Waals surface area contributed by atoms with Gasteiger partial charge in [0.25, 0.3) is 0 Å². The Morgan fingerprint density at radius 1 is 1.38 bits per heavy atom. The van der Waals surface area contributed by atoms with Crippen LogP contribution in [0.1, 0.15) is 32.6 Å². The minimum absolute atomic E-state index is 0.126. The first-order chi connectivity index (χ1) is 6.11. The summed E-state index contributed by atoms with van der Waals surface area (Å²) in [7, 11) is 0. The van der Waals surface area contributed by atoms with Crippen molar-refractivity contribution in [2.75, 3.05) is 0 Å². The van der Waals surface area contributed by atoms with Crippen molar-refractivity contribution in [3.8, 4) is 0 Å². The first-order valence-electron chi connectivity index (χ1n) is 4.61. The van der Waals surface area contributed by atoms with Gasteiger partial charge in [0.1, 0.15) is 6.04 Å².